The second kappa shape index (κ2) is 8.01. The fourth-order valence-electron chi connectivity index (χ4n) is 2.70. The molecular weight excluding hydrogens is 204 g/mol. The quantitative estimate of drug-likeness (QED) is 0.551. The Balaban J connectivity index is 2.36. The van der Waals surface area contributed by atoms with Crippen molar-refractivity contribution < 1.29 is 10.2 Å². The number of nitrogens with zero attached hydrogens (tertiary/aromatic N) is 1. The van der Waals surface area contributed by atoms with E-state index in [1.807, 2.05) is 0 Å². The Labute approximate surface area is 98.6 Å². The molecule has 0 radical (unpaired) electrons. The van der Waals surface area contributed by atoms with Crippen molar-refractivity contribution in [1.29, 1.82) is 0 Å². The number of aliphatic hydroxyl groups is 2. The summed E-state index contributed by atoms with van der Waals surface area (Å²) in [7, 11) is 0. The van der Waals surface area contributed by atoms with Crippen LogP contribution in [0.4, 0.5) is 0 Å². The molecule has 1 rings (SSSR count). The molecule has 0 aromatic heterocycles. The first-order valence-electron chi connectivity index (χ1n) is 6.49. The van der Waals surface area contributed by atoms with Gasteiger partial charge in [-0.3, -0.25) is 4.90 Å². The second-order valence-corrected chi connectivity index (χ2v) is 4.60. The minimum absolute atomic E-state index is 0.179. The summed E-state index contributed by atoms with van der Waals surface area (Å²) in [6.07, 6.45) is 3.84. The normalized spacial score (nSPS) is 25.5. The third kappa shape index (κ3) is 4.37. The van der Waals surface area contributed by atoms with Crippen LogP contribution in [0.25, 0.3) is 0 Å². The molecule has 4 nitrogen and oxygen atoms in total. The molecule has 1 saturated carbocycles. The molecule has 0 amide bonds. The third-order valence-corrected chi connectivity index (χ3v) is 3.45. The molecule has 0 bridgehead atoms. The predicted octanol–water partition coefficient (Wildman–Crippen LogP) is 0.0512. The SMILES string of the molecule is CCNC1CCCC1CN(CCO)CCO. The van der Waals surface area contributed by atoms with E-state index < -0.39 is 0 Å². The van der Waals surface area contributed by atoms with Crippen LogP contribution in [-0.4, -0.2) is 60.5 Å². The van der Waals surface area contributed by atoms with Crippen LogP contribution in [0.3, 0.4) is 0 Å². The van der Waals surface area contributed by atoms with Gasteiger partial charge in [0, 0.05) is 25.7 Å². The van der Waals surface area contributed by atoms with Crippen LogP contribution in [0, 0.1) is 5.92 Å². The van der Waals surface area contributed by atoms with Crippen molar-refractivity contribution in [2.24, 2.45) is 5.92 Å². The molecule has 2 unspecified atom stereocenters. The number of rotatable bonds is 8. The van der Waals surface area contributed by atoms with Gasteiger partial charge in [-0.2, -0.15) is 0 Å². The topological polar surface area (TPSA) is 55.7 Å². The summed E-state index contributed by atoms with van der Waals surface area (Å²) in [5, 5.41) is 21.5. The molecule has 0 aromatic rings. The van der Waals surface area contributed by atoms with Crippen LogP contribution < -0.4 is 5.32 Å². The van der Waals surface area contributed by atoms with Crippen molar-refractivity contribution in [2.45, 2.75) is 32.2 Å². The van der Waals surface area contributed by atoms with Gasteiger partial charge >= 0.3 is 0 Å². The van der Waals surface area contributed by atoms with Gasteiger partial charge < -0.3 is 15.5 Å². The smallest absolute Gasteiger partial charge is 0.0558 e. The van der Waals surface area contributed by atoms with Gasteiger partial charge in [0.1, 0.15) is 0 Å². The van der Waals surface area contributed by atoms with Crippen molar-refractivity contribution in [2.75, 3.05) is 39.4 Å². The van der Waals surface area contributed by atoms with Crippen LogP contribution in [-0.2, 0) is 0 Å². The number of hydrogen-bond donors (Lipinski definition) is 3. The van der Waals surface area contributed by atoms with E-state index in [0.29, 0.717) is 25.0 Å². The highest BCUT2D eigenvalue weighted by molar-refractivity contribution is 4.84. The van der Waals surface area contributed by atoms with Gasteiger partial charge in [-0.1, -0.05) is 13.3 Å². The lowest BCUT2D eigenvalue weighted by Crippen LogP contribution is -2.41. The fourth-order valence-corrected chi connectivity index (χ4v) is 2.70. The summed E-state index contributed by atoms with van der Waals surface area (Å²) < 4.78 is 0. The molecule has 1 fully saturated rings. The Morgan fingerprint density at radius 2 is 1.88 bits per heavy atom. The van der Waals surface area contributed by atoms with E-state index in [2.05, 4.69) is 17.1 Å². The van der Waals surface area contributed by atoms with Gasteiger partial charge in [0.2, 0.25) is 0 Å². The molecule has 0 heterocycles. The number of nitrogens with one attached hydrogen (secondary N) is 1. The van der Waals surface area contributed by atoms with Crippen LogP contribution in [0.2, 0.25) is 0 Å². The highest BCUT2D eigenvalue weighted by atomic mass is 16.3. The number of aliphatic hydroxyl groups excluding tert-OH is 2. The zero-order valence-corrected chi connectivity index (χ0v) is 10.4. The van der Waals surface area contributed by atoms with Crippen molar-refractivity contribution in [3.05, 3.63) is 0 Å². The van der Waals surface area contributed by atoms with Crippen LogP contribution in [0.5, 0.6) is 0 Å². The summed E-state index contributed by atoms with van der Waals surface area (Å²) in [5.74, 6) is 0.679. The van der Waals surface area contributed by atoms with E-state index in [1.165, 1.54) is 19.3 Å². The van der Waals surface area contributed by atoms with E-state index in [-0.39, 0.29) is 13.2 Å². The lowest BCUT2D eigenvalue weighted by Gasteiger charge is -2.28. The predicted molar refractivity (Wildman–Crippen MR) is 65.4 cm³/mol. The van der Waals surface area contributed by atoms with Gasteiger partial charge in [-0.05, 0) is 25.3 Å². The maximum absolute atomic E-state index is 8.97. The lowest BCUT2D eigenvalue weighted by atomic mass is 10.0. The van der Waals surface area contributed by atoms with E-state index in [9.17, 15) is 0 Å². The highest BCUT2D eigenvalue weighted by Gasteiger charge is 2.27. The average molecular weight is 230 g/mol. The summed E-state index contributed by atoms with van der Waals surface area (Å²) in [4.78, 5) is 2.17. The van der Waals surface area contributed by atoms with E-state index in [4.69, 9.17) is 10.2 Å². The third-order valence-electron chi connectivity index (χ3n) is 3.45. The van der Waals surface area contributed by atoms with E-state index in [1.54, 1.807) is 0 Å². The average Bonchev–Trinajstić information content (AvgIpc) is 2.67. The molecule has 0 saturated heterocycles. The summed E-state index contributed by atoms with van der Waals surface area (Å²) >= 11 is 0. The first-order chi connectivity index (χ1) is 7.81. The first-order valence-corrected chi connectivity index (χ1v) is 6.49. The fraction of sp³-hybridized carbons (Fsp3) is 1.00. The van der Waals surface area contributed by atoms with E-state index in [0.717, 1.165) is 13.1 Å². The van der Waals surface area contributed by atoms with Crippen molar-refractivity contribution in [3.8, 4) is 0 Å². The Morgan fingerprint density at radius 3 is 2.44 bits per heavy atom. The Morgan fingerprint density at radius 1 is 1.19 bits per heavy atom. The summed E-state index contributed by atoms with van der Waals surface area (Å²) in [6.45, 7) is 5.89. The van der Waals surface area contributed by atoms with E-state index >= 15 is 0 Å². The largest absolute Gasteiger partial charge is 0.395 e. The van der Waals surface area contributed by atoms with Gasteiger partial charge in [0.15, 0.2) is 0 Å². The molecule has 0 aromatic carbocycles. The molecule has 1 aliphatic rings. The maximum Gasteiger partial charge on any atom is 0.0558 e. The molecule has 4 heteroatoms. The van der Waals surface area contributed by atoms with Crippen molar-refractivity contribution >= 4 is 0 Å². The minimum atomic E-state index is 0.179. The van der Waals surface area contributed by atoms with Crippen LogP contribution in [0.1, 0.15) is 26.2 Å². The van der Waals surface area contributed by atoms with Gasteiger partial charge in [0.25, 0.3) is 0 Å². The zero-order valence-electron chi connectivity index (χ0n) is 10.4. The Bertz CT molecular complexity index is 172. The molecule has 1 aliphatic carbocycles. The maximum atomic E-state index is 8.97. The molecular formula is C12H26N2O2. The first kappa shape index (κ1) is 13.9. The number of hydrogen-bond acceptors (Lipinski definition) is 4. The van der Waals surface area contributed by atoms with Gasteiger partial charge in [-0.25, -0.2) is 0 Å². The minimum Gasteiger partial charge on any atom is -0.395 e. The Hall–Kier alpha value is -0.160. The van der Waals surface area contributed by atoms with Gasteiger partial charge in [0.05, 0.1) is 13.2 Å². The summed E-state index contributed by atoms with van der Waals surface area (Å²) in [5.41, 5.74) is 0. The molecule has 0 aliphatic heterocycles. The molecule has 0 spiro atoms. The van der Waals surface area contributed by atoms with Gasteiger partial charge in [-0.15, -0.1) is 0 Å². The highest BCUT2D eigenvalue weighted by Crippen LogP contribution is 2.26. The van der Waals surface area contributed by atoms with Crippen LogP contribution >= 0.6 is 0 Å². The summed E-state index contributed by atoms with van der Waals surface area (Å²) in [6, 6.07) is 0.630. The Kier molecular flexibility index (Phi) is 6.96. The van der Waals surface area contributed by atoms with Crippen molar-refractivity contribution in [3.63, 3.8) is 0 Å². The second-order valence-electron chi connectivity index (χ2n) is 4.60. The standard InChI is InChI=1S/C12H26N2O2/c1-2-13-12-5-3-4-11(12)10-14(6-8-15)7-9-16/h11-13,15-16H,2-10H2,1H3. The molecule has 3 N–H and O–H groups in total. The molecule has 2 atom stereocenters. The van der Waals surface area contributed by atoms with Crippen molar-refractivity contribution in [1.82, 2.24) is 10.2 Å². The molecule has 16 heavy (non-hydrogen) atoms. The van der Waals surface area contributed by atoms with Crippen LogP contribution in [0.15, 0.2) is 0 Å². The lowest BCUT2D eigenvalue weighted by molar-refractivity contribution is 0.139. The molecule has 96 valence electrons. The monoisotopic (exact) mass is 230 g/mol. The zero-order chi connectivity index (χ0) is 11.8.